The predicted octanol–water partition coefficient (Wildman–Crippen LogP) is 4.87. The standard InChI is InChI=1S/C18H18F2N2/c1-5-15(11-21)10-18(12(2)19)14(4)22-13(3)16-6-8-17(20)9-7-16/h5-10,13,22H,1,4H2,2-3H3/b15-10+,18-12-. The first-order valence-electron chi connectivity index (χ1n) is 6.71. The molecule has 1 aromatic rings. The molecule has 0 aliphatic rings. The third-order valence-electron chi connectivity index (χ3n) is 3.11. The van der Waals surface area contributed by atoms with Crippen LogP contribution in [0.1, 0.15) is 25.5 Å². The lowest BCUT2D eigenvalue weighted by Crippen LogP contribution is -2.18. The molecule has 0 amide bonds. The van der Waals surface area contributed by atoms with Crippen LogP contribution < -0.4 is 5.32 Å². The van der Waals surface area contributed by atoms with Gasteiger partial charge in [-0.15, -0.1) is 0 Å². The summed E-state index contributed by atoms with van der Waals surface area (Å²) in [5, 5.41) is 12.0. The monoisotopic (exact) mass is 300 g/mol. The van der Waals surface area contributed by atoms with E-state index >= 15 is 0 Å². The topological polar surface area (TPSA) is 35.8 Å². The number of nitrogens with one attached hydrogen (secondary N) is 1. The van der Waals surface area contributed by atoms with Crippen molar-refractivity contribution in [1.29, 1.82) is 5.26 Å². The van der Waals surface area contributed by atoms with Gasteiger partial charge in [0.25, 0.3) is 0 Å². The average Bonchev–Trinajstić information content (AvgIpc) is 2.48. The first-order chi connectivity index (χ1) is 10.4. The second-order valence-corrected chi connectivity index (χ2v) is 4.76. The fourth-order valence-electron chi connectivity index (χ4n) is 1.86. The number of benzene rings is 1. The molecular formula is C18H18F2N2. The SMILES string of the molecule is C=C/C(C#N)=C\C(C(=C)NC(C)c1ccc(F)cc1)=C(/C)F. The van der Waals surface area contributed by atoms with Crippen molar-refractivity contribution in [1.82, 2.24) is 5.32 Å². The van der Waals surface area contributed by atoms with Gasteiger partial charge in [-0.05, 0) is 37.6 Å². The predicted molar refractivity (Wildman–Crippen MR) is 84.8 cm³/mol. The van der Waals surface area contributed by atoms with Gasteiger partial charge in [0.1, 0.15) is 11.6 Å². The lowest BCUT2D eigenvalue weighted by molar-refractivity contribution is 0.611. The molecule has 0 aliphatic heterocycles. The third kappa shape index (κ3) is 4.71. The van der Waals surface area contributed by atoms with E-state index in [0.29, 0.717) is 5.70 Å². The lowest BCUT2D eigenvalue weighted by Gasteiger charge is -2.18. The zero-order valence-electron chi connectivity index (χ0n) is 12.7. The van der Waals surface area contributed by atoms with Crippen molar-refractivity contribution in [2.45, 2.75) is 19.9 Å². The maximum atomic E-state index is 13.7. The van der Waals surface area contributed by atoms with Crippen molar-refractivity contribution in [3.63, 3.8) is 0 Å². The maximum Gasteiger partial charge on any atom is 0.123 e. The van der Waals surface area contributed by atoms with Crippen molar-refractivity contribution in [3.05, 3.63) is 83.6 Å². The van der Waals surface area contributed by atoms with Gasteiger partial charge in [0, 0.05) is 17.3 Å². The molecule has 2 nitrogen and oxygen atoms in total. The summed E-state index contributed by atoms with van der Waals surface area (Å²) in [7, 11) is 0. The summed E-state index contributed by atoms with van der Waals surface area (Å²) < 4.78 is 26.6. The Balaban J connectivity index is 2.96. The normalized spacial score (nSPS) is 13.7. The van der Waals surface area contributed by atoms with Crippen LogP contribution in [0.25, 0.3) is 0 Å². The van der Waals surface area contributed by atoms with Crippen LogP contribution in [0.4, 0.5) is 8.78 Å². The molecule has 1 aromatic carbocycles. The second kappa shape index (κ2) is 7.94. The van der Waals surface area contributed by atoms with Crippen LogP contribution in [0.15, 0.2) is 72.2 Å². The highest BCUT2D eigenvalue weighted by Gasteiger charge is 2.11. The molecule has 0 spiro atoms. The quantitative estimate of drug-likeness (QED) is 0.601. The molecule has 114 valence electrons. The molecule has 0 bridgehead atoms. The molecule has 22 heavy (non-hydrogen) atoms. The highest BCUT2D eigenvalue weighted by Crippen LogP contribution is 2.21. The van der Waals surface area contributed by atoms with Gasteiger partial charge >= 0.3 is 0 Å². The summed E-state index contributed by atoms with van der Waals surface area (Å²) in [6.07, 6.45) is 2.73. The van der Waals surface area contributed by atoms with E-state index in [1.165, 1.54) is 31.2 Å². The molecule has 0 saturated heterocycles. The average molecular weight is 300 g/mol. The molecule has 1 unspecified atom stereocenters. The second-order valence-electron chi connectivity index (χ2n) is 4.76. The highest BCUT2D eigenvalue weighted by atomic mass is 19.1. The third-order valence-corrected chi connectivity index (χ3v) is 3.11. The first kappa shape index (κ1) is 17.4. The van der Waals surface area contributed by atoms with Crippen molar-refractivity contribution in [2.75, 3.05) is 0 Å². The minimum Gasteiger partial charge on any atom is -0.378 e. The Kier molecular flexibility index (Phi) is 6.27. The van der Waals surface area contributed by atoms with Gasteiger partial charge in [-0.2, -0.15) is 5.26 Å². The summed E-state index contributed by atoms with van der Waals surface area (Å²) in [6.45, 7) is 10.5. The fourth-order valence-corrected chi connectivity index (χ4v) is 1.86. The van der Waals surface area contributed by atoms with Crippen LogP contribution in [0.3, 0.4) is 0 Å². The van der Waals surface area contributed by atoms with Gasteiger partial charge < -0.3 is 5.32 Å². The fraction of sp³-hybridized carbons (Fsp3) is 0.167. The van der Waals surface area contributed by atoms with E-state index in [4.69, 9.17) is 5.26 Å². The van der Waals surface area contributed by atoms with E-state index < -0.39 is 5.83 Å². The number of halogens is 2. The Morgan fingerprint density at radius 3 is 2.41 bits per heavy atom. The van der Waals surface area contributed by atoms with Crippen molar-refractivity contribution in [2.24, 2.45) is 0 Å². The molecule has 1 N–H and O–H groups in total. The lowest BCUT2D eigenvalue weighted by atomic mass is 10.1. The summed E-state index contributed by atoms with van der Waals surface area (Å²) in [4.78, 5) is 0. The Hall–Kier alpha value is -2.67. The van der Waals surface area contributed by atoms with E-state index in [0.717, 1.165) is 5.56 Å². The number of allylic oxidation sites excluding steroid dienone is 4. The van der Waals surface area contributed by atoms with Gasteiger partial charge in [-0.25, -0.2) is 8.78 Å². The van der Waals surface area contributed by atoms with Crippen LogP contribution in [0.2, 0.25) is 0 Å². The minimum absolute atomic E-state index is 0.190. The van der Waals surface area contributed by atoms with Gasteiger partial charge in [0.15, 0.2) is 0 Å². The maximum absolute atomic E-state index is 13.7. The van der Waals surface area contributed by atoms with Crippen LogP contribution >= 0.6 is 0 Å². The smallest absolute Gasteiger partial charge is 0.123 e. The van der Waals surface area contributed by atoms with Crippen molar-refractivity contribution in [3.8, 4) is 6.07 Å². The Labute approximate surface area is 129 Å². The molecule has 0 aliphatic carbocycles. The van der Waals surface area contributed by atoms with Crippen LogP contribution in [0, 0.1) is 17.1 Å². The van der Waals surface area contributed by atoms with Gasteiger partial charge in [-0.3, -0.25) is 0 Å². The van der Waals surface area contributed by atoms with E-state index in [1.807, 2.05) is 13.0 Å². The Bertz CT molecular complexity index is 657. The number of rotatable bonds is 6. The molecule has 0 radical (unpaired) electrons. The largest absolute Gasteiger partial charge is 0.378 e. The van der Waals surface area contributed by atoms with Crippen molar-refractivity contribution >= 4 is 0 Å². The molecule has 0 fully saturated rings. The zero-order valence-corrected chi connectivity index (χ0v) is 12.7. The van der Waals surface area contributed by atoms with Crippen molar-refractivity contribution < 1.29 is 8.78 Å². The minimum atomic E-state index is -0.460. The summed E-state index contributed by atoms with van der Waals surface area (Å²) >= 11 is 0. The molecular weight excluding hydrogens is 282 g/mol. The van der Waals surface area contributed by atoms with Gasteiger partial charge in [-0.1, -0.05) is 31.4 Å². The molecule has 1 rings (SSSR count). The summed E-state index contributed by atoms with van der Waals surface area (Å²) in [5.74, 6) is -0.777. The van der Waals surface area contributed by atoms with Gasteiger partial charge in [0.2, 0.25) is 0 Å². The van der Waals surface area contributed by atoms with Crippen LogP contribution in [-0.4, -0.2) is 0 Å². The van der Waals surface area contributed by atoms with Gasteiger partial charge in [0.05, 0.1) is 11.6 Å². The summed E-state index contributed by atoms with van der Waals surface area (Å²) in [6, 6.07) is 7.74. The highest BCUT2D eigenvalue weighted by molar-refractivity contribution is 5.47. The van der Waals surface area contributed by atoms with E-state index in [-0.39, 0.29) is 23.0 Å². The first-order valence-corrected chi connectivity index (χ1v) is 6.71. The molecule has 0 saturated carbocycles. The van der Waals surface area contributed by atoms with Crippen LogP contribution in [0.5, 0.6) is 0 Å². The molecule has 0 heterocycles. The number of hydrogen-bond acceptors (Lipinski definition) is 2. The summed E-state index contributed by atoms with van der Waals surface area (Å²) in [5.41, 5.74) is 1.62. The Morgan fingerprint density at radius 2 is 1.95 bits per heavy atom. The zero-order chi connectivity index (χ0) is 16.7. The van der Waals surface area contributed by atoms with E-state index in [2.05, 4.69) is 18.5 Å². The number of hydrogen-bond donors (Lipinski definition) is 1. The molecule has 4 heteroatoms. The van der Waals surface area contributed by atoms with E-state index in [9.17, 15) is 8.78 Å². The number of nitrogens with zero attached hydrogens (tertiary/aromatic N) is 1. The molecule has 0 aromatic heterocycles. The van der Waals surface area contributed by atoms with Crippen LogP contribution in [-0.2, 0) is 0 Å². The Morgan fingerprint density at radius 1 is 1.36 bits per heavy atom. The number of nitriles is 1. The molecule has 1 atom stereocenters. The van der Waals surface area contributed by atoms with E-state index in [1.54, 1.807) is 12.1 Å².